The van der Waals surface area contributed by atoms with Gasteiger partial charge < -0.3 is 10.8 Å². The molecule has 0 aliphatic heterocycles. The van der Waals surface area contributed by atoms with Crippen molar-refractivity contribution in [2.24, 2.45) is 5.73 Å². The highest BCUT2D eigenvalue weighted by Gasteiger charge is 2.12. The molecule has 0 aromatic heterocycles. The molecule has 0 amide bonds. The largest absolute Gasteiger partial charge is 0.391 e. The van der Waals surface area contributed by atoms with Crippen molar-refractivity contribution in [3.8, 4) is 0 Å². The summed E-state index contributed by atoms with van der Waals surface area (Å²) in [6, 6.07) is 5.37. The first kappa shape index (κ1) is 14.4. The van der Waals surface area contributed by atoms with Crippen molar-refractivity contribution in [1.29, 1.82) is 0 Å². The summed E-state index contributed by atoms with van der Waals surface area (Å²) in [5, 5.41) is 9.28. The van der Waals surface area contributed by atoms with Gasteiger partial charge in [-0.15, -0.1) is 12.4 Å². The molecule has 1 rings (SSSR count). The van der Waals surface area contributed by atoms with E-state index in [1.54, 1.807) is 6.92 Å². The minimum atomic E-state index is -0.534. The van der Waals surface area contributed by atoms with Crippen LogP contribution in [0.4, 0.5) is 0 Å². The summed E-state index contributed by atoms with van der Waals surface area (Å²) >= 11 is 6.74. The topological polar surface area (TPSA) is 46.2 Å². The summed E-state index contributed by atoms with van der Waals surface area (Å²) in [4.78, 5) is 0. The number of aliphatic hydroxyl groups excluding tert-OH is 1. The monoisotopic (exact) mass is 343 g/mol. The summed E-state index contributed by atoms with van der Waals surface area (Å²) in [5.41, 5.74) is 6.69. The fourth-order valence-electron chi connectivity index (χ4n) is 0.998. The quantitative estimate of drug-likeness (QED) is 0.865. The van der Waals surface area contributed by atoms with Crippen molar-refractivity contribution in [3.63, 3.8) is 0 Å². The molecule has 5 heteroatoms. The molecule has 0 fully saturated rings. The Kier molecular flexibility index (Phi) is 6.25. The third-order valence-electron chi connectivity index (χ3n) is 1.85. The van der Waals surface area contributed by atoms with E-state index in [4.69, 9.17) is 5.73 Å². The van der Waals surface area contributed by atoms with E-state index < -0.39 is 6.10 Å². The summed E-state index contributed by atoms with van der Waals surface area (Å²) in [7, 11) is 0. The standard InChI is InChI=1S/C9H11Br2NO.ClH/c1-5(13)9(12)6-2-3-7(10)8(11)4-6;/h2-5,9,13H,12H2,1H3;1H/t5-,9-;/m1./s1. The average molecular weight is 345 g/mol. The Labute approximate surface area is 107 Å². The van der Waals surface area contributed by atoms with Gasteiger partial charge in [0.1, 0.15) is 0 Å². The molecule has 0 aliphatic carbocycles. The van der Waals surface area contributed by atoms with Crippen LogP contribution in [0.15, 0.2) is 27.1 Å². The molecular weight excluding hydrogens is 333 g/mol. The van der Waals surface area contributed by atoms with Gasteiger partial charge in [0, 0.05) is 8.95 Å². The van der Waals surface area contributed by atoms with Crippen LogP contribution in [0.5, 0.6) is 0 Å². The van der Waals surface area contributed by atoms with Gasteiger partial charge in [-0.1, -0.05) is 6.07 Å². The maximum atomic E-state index is 9.28. The van der Waals surface area contributed by atoms with Crippen LogP contribution in [0, 0.1) is 0 Å². The highest BCUT2D eigenvalue weighted by molar-refractivity contribution is 9.13. The summed E-state index contributed by atoms with van der Waals surface area (Å²) in [6.07, 6.45) is -0.534. The van der Waals surface area contributed by atoms with E-state index in [1.807, 2.05) is 18.2 Å². The van der Waals surface area contributed by atoms with Crippen LogP contribution in [0.2, 0.25) is 0 Å². The van der Waals surface area contributed by atoms with Gasteiger partial charge in [0.05, 0.1) is 12.1 Å². The fourth-order valence-corrected chi connectivity index (χ4v) is 1.64. The summed E-state index contributed by atoms with van der Waals surface area (Å²) in [5.74, 6) is 0. The zero-order valence-corrected chi connectivity index (χ0v) is 11.6. The van der Waals surface area contributed by atoms with Gasteiger partial charge >= 0.3 is 0 Å². The smallest absolute Gasteiger partial charge is 0.0704 e. The van der Waals surface area contributed by atoms with Gasteiger partial charge in [0.15, 0.2) is 0 Å². The van der Waals surface area contributed by atoms with E-state index in [2.05, 4.69) is 31.9 Å². The van der Waals surface area contributed by atoms with Crippen LogP contribution in [0.3, 0.4) is 0 Å². The Balaban J connectivity index is 0.00000169. The molecule has 0 bridgehead atoms. The third-order valence-corrected chi connectivity index (χ3v) is 3.73. The van der Waals surface area contributed by atoms with Crippen molar-refractivity contribution in [1.82, 2.24) is 0 Å². The maximum absolute atomic E-state index is 9.28. The number of hydrogen-bond acceptors (Lipinski definition) is 2. The summed E-state index contributed by atoms with van der Waals surface area (Å²) in [6.45, 7) is 1.68. The molecule has 0 saturated heterocycles. The minimum Gasteiger partial charge on any atom is -0.391 e. The molecule has 0 unspecified atom stereocenters. The van der Waals surface area contributed by atoms with E-state index in [1.165, 1.54) is 0 Å². The van der Waals surface area contributed by atoms with Crippen LogP contribution in [0.1, 0.15) is 18.5 Å². The fraction of sp³-hybridized carbons (Fsp3) is 0.333. The van der Waals surface area contributed by atoms with Gasteiger partial charge in [-0.3, -0.25) is 0 Å². The Bertz CT molecular complexity index is 307. The van der Waals surface area contributed by atoms with Crippen LogP contribution >= 0.6 is 44.3 Å². The molecule has 0 radical (unpaired) electrons. The second-order valence-corrected chi connectivity index (χ2v) is 4.65. The second kappa shape index (κ2) is 6.08. The van der Waals surface area contributed by atoms with Crippen molar-refractivity contribution in [2.75, 3.05) is 0 Å². The van der Waals surface area contributed by atoms with E-state index in [0.717, 1.165) is 14.5 Å². The minimum absolute atomic E-state index is 0. The molecular formula is C9H12Br2ClNO. The van der Waals surface area contributed by atoms with E-state index in [0.29, 0.717) is 0 Å². The highest BCUT2D eigenvalue weighted by atomic mass is 79.9. The zero-order valence-electron chi connectivity index (χ0n) is 7.58. The lowest BCUT2D eigenvalue weighted by Crippen LogP contribution is -2.23. The number of benzene rings is 1. The molecule has 3 N–H and O–H groups in total. The SMILES string of the molecule is C[C@@H](O)[C@@H](N)c1ccc(Br)c(Br)c1.Cl. The molecule has 14 heavy (non-hydrogen) atoms. The molecule has 2 atom stereocenters. The van der Waals surface area contributed by atoms with Gasteiger partial charge in [0.2, 0.25) is 0 Å². The zero-order chi connectivity index (χ0) is 10.0. The van der Waals surface area contributed by atoms with Crippen LogP contribution in [0.25, 0.3) is 0 Å². The average Bonchev–Trinajstić information content (AvgIpc) is 2.08. The normalized spacial score (nSPS) is 14.4. The molecule has 80 valence electrons. The van der Waals surface area contributed by atoms with Crippen molar-refractivity contribution < 1.29 is 5.11 Å². The predicted molar refractivity (Wildman–Crippen MR) is 67.7 cm³/mol. The van der Waals surface area contributed by atoms with Crippen LogP contribution < -0.4 is 5.73 Å². The Morgan fingerprint density at radius 3 is 2.29 bits per heavy atom. The second-order valence-electron chi connectivity index (χ2n) is 2.94. The first-order valence-electron chi connectivity index (χ1n) is 3.91. The Hall–Kier alpha value is 0.390. The van der Waals surface area contributed by atoms with Crippen molar-refractivity contribution in [3.05, 3.63) is 32.7 Å². The lowest BCUT2D eigenvalue weighted by Gasteiger charge is -2.15. The van der Waals surface area contributed by atoms with Gasteiger partial charge in [0.25, 0.3) is 0 Å². The lowest BCUT2D eigenvalue weighted by molar-refractivity contribution is 0.164. The van der Waals surface area contributed by atoms with Crippen LogP contribution in [-0.4, -0.2) is 11.2 Å². The molecule has 2 nitrogen and oxygen atoms in total. The summed E-state index contributed by atoms with van der Waals surface area (Å²) < 4.78 is 1.93. The van der Waals surface area contributed by atoms with Crippen LogP contribution in [-0.2, 0) is 0 Å². The highest BCUT2D eigenvalue weighted by Crippen LogP contribution is 2.26. The molecule has 0 saturated carbocycles. The first-order valence-corrected chi connectivity index (χ1v) is 5.49. The Morgan fingerprint density at radius 1 is 1.29 bits per heavy atom. The predicted octanol–water partition coefficient (Wildman–Crippen LogP) is 3.01. The van der Waals surface area contributed by atoms with Gasteiger partial charge in [-0.2, -0.15) is 0 Å². The molecule has 0 aliphatic rings. The van der Waals surface area contributed by atoms with Crippen molar-refractivity contribution in [2.45, 2.75) is 19.1 Å². The van der Waals surface area contributed by atoms with E-state index >= 15 is 0 Å². The number of hydrogen-bond donors (Lipinski definition) is 2. The van der Waals surface area contributed by atoms with E-state index in [9.17, 15) is 5.11 Å². The van der Waals surface area contributed by atoms with E-state index in [-0.39, 0.29) is 18.4 Å². The molecule has 0 heterocycles. The van der Waals surface area contributed by atoms with Gasteiger partial charge in [-0.25, -0.2) is 0 Å². The maximum Gasteiger partial charge on any atom is 0.0704 e. The molecule has 1 aromatic carbocycles. The number of nitrogens with two attached hydrogens (primary N) is 1. The first-order chi connectivity index (χ1) is 6.02. The number of rotatable bonds is 2. The van der Waals surface area contributed by atoms with Gasteiger partial charge in [-0.05, 0) is 56.5 Å². The number of halogens is 3. The number of aliphatic hydroxyl groups is 1. The molecule has 0 spiro atoms. The molecule has 1 aromatic rings. The lowest BCUT2D eigenvalue weighted by atomic mass is 10.0. The van der Waals surface area contributed by atoms with Crippen molar-refractivity contribution >= 4 is 44.3 Å². The third kappa shape index (κ3) is 3.51. The Morgan fingerprint density at radius 2 is 1.86 bits per heavy atom.